The van der Waals surface area contributed by atoms with Gasteiger partial charge in [0.1, 0.15) is 23.2 Å². The van der Waals surface area contributed by atoms with Gasteiger partial charge in [-0.1, -0.05) is 30.3 Å². The van der Waals surface area contributed by atoms with Gasteiger partial charge in [-0.3, -0.25) is 5.10 Å². The van der Waals surface area contributed by atoms with Crippen molar-refractivity contribution in [2.24, 2.45) is 0 Å². The molecule has 1 saturated heterocycles. The summed E-state index contributed by atoms with van der Waals surface area (Å²) in [5, 5.41) is 27.3. The van der Waals surface area contributed by atoms with Gasteiger partial charge in [-0.15, -0.1) is 0 Å². The van der Waals surface area contributed by atoms with Gasteiger partial charge in [0.2, 0.25) is 10.0 Å². The molecule has 3 aromatic rings. The lowest BCUT2D eigenvalue weighted by molar-refractivity contribution is -0.122. The molecule has 0 amide bonds. The van der Waals surface area contributed by atoms with E-state index in [1.807, 2.05) is 6.07 Å². The van der Waals surface area contributed by atoms with Crippen LogP contribution in [0.25, 0.3) is 0 Å². The number of benzene rings is 2. The molecule has 2 fully saturated rings. The number of aromatic nitrogens is 3. The molecular weight excluding hydrogens is 514 g/mol. The molecule has 204 valence electrons. The number of aliphatic hydroxyl groups is 2. The predicted octanol–water partition coefficient (Wildman–Crippen LogP) is 3.52. The summed E-state index contributed by atoms with van der Waals surface area (Å²) in [7, 11) is -3.83. The first-order valence-electron chi connectivity index (χ1n) is 12.7. The lowest BCUT2D eigenvalue weighted by Gasteiger charge is -2.54. The first-order valence-corrected chi connectivity index (χ1v) is 14.2. The highest BCUT2D eigenvalue weighted by Crippen LogP contribution is 2.54. The van der Waals surface area contributed by atoms with E-state index < -0.39 is 44.0 Å². The fraction of sp³-hybridized carbons (Fsp3) is 0.481. The zero-order valence-electron chi connectivity index (χ0n) is 21.3. The van der Waals surface area contributed by atoms with Gasteiger partial charge in [-0.05, 0) is 62.8 Å². The fourth-order valence-corrected chi connectivity index (χ4v) is 8.41. The molecule has 0 bridgehead atoms. The van der Waals surface area contributed by atoms with Gasteiger partial charge in [0, 0.05) is 30.0 Å². The van der Waals surface area contributed by atoms with Crippen LogP contribution in [0.2, 0.25) is 0 Å². The quantitative estimate of drug-likeness (QED) is 0.417. The number of aliphatic hydroxyl groups excluding tert-OH is 1. The Bertz CT molecular complexity index is 1390. The minimum atomic E-state index is -3.83. The van der Waals surface area contributed by atoms with E-state index >= 15 is 8.78 Å². The number of nitrogens with zero attached hydrogens (tertiary/aromatic N) is 3. The van der Waals surface area contributed by atoms with E-state index in [-0.39, 0.29) is 43.0 Å². The first kappa shape index (κ1) is 26.9. The third-order valence-electron chi connectivity index (χ3n) is 8.07. The highest BCUT2D eigenvalue weighted by Gasteiger charge is 2.57. The van der Waals surface area contributed by atoms with Crippen molar-refractivity contribution in [1.29, 1.82) is 0 Å². The summed E-state index contributed by atoms with van der Waals surface area (Å²) >= 11 is 0. The van der Waals surface area contributed by atoms with Crippen LogP contribution < -0.4 is 0 Å². The van der Waals surface area contributed by atoms with Gasteiger partial charge in [0.15, 0.2) is 5.82 Å². The van der Waals surface area contributed by atoms with Gasteiger partial charge < -0.3 is 10.2 Å². The number of rotatable bonds is 7. The number of nitrogens with one attached hydrogen (secondary N) is 1. The molecule has 5 rings (SSSR count). The molecule has 2 unspecified atom stereocenters. The molecule has 2 aliphatic rings. The molecule has 1 aliphatic carbocycles. The number of sulfonamides is 1. The topological polar surface area (TPSA) is 119 Å². The maximum absolute atomic E-state index is 15.7. The average molecular weight is 547 g/mol. The highest BCUT2D eigenvalue weighted by atomic mass is 32.2. The molecule has 0 radical (unpaired) electrons. The van der Waals surface area contributed by atoms with Gasteiger partial charge in [-0.2, -0.15) is 9.40 Å². The molecule has 0 spiro atoms. The molecular formula is C27H32F2N4O4S. The average Bonchev–Trinajstić information content (AvgIpc) is 3.35. The Hall–Kier alpha value is -2.73. The van der Waals surface area contributed by atoms with Gasteiger partial charge >= 0.3 is 0 Å². The zero-order chi connectivity index (χ0) is 27.3. The Morgan fingerprint density at radius 2 is 1.87 bits per heavy atom. The van der Waals surface area contributed by atoms with E-state index in [0.717, 1.165) is 12.1 Å². The number of H-pyrrole nitrogens is 1. The summed E-state index contributed by atoms with van der Waals surface area (Å²) in [6.07, 6.45) is 1.27. The van der Waals surface area contributed by atoms with E-state index in [1.165, 1.54) is 10.6 Å². The summed E-state index contributed by atoms with van der Waals surface area (Å²) in [5.41, 5.74) is -1.85. The molecule has 11 heteroatoms. The van der Waals surface area contributed by atoms with Crippen LogP contribution in [-0.2, 0) is 28.4 Å². The summed E-state index contributed by atoms with van der Waals surface area (Å²) in [6.45, 7) is 3.05. The van der Waals surface area contributed by atoms with Crippen molar-refractivity contribution in [2.45, 2.75) is 80.9 Å². The third-order valence-corrected chi connectivity index (χ3v) is 10.4. The first-order chi connectivity index (χ1) is 17.9. The summed E-state index contributed by atoms with van der Waals surface area (Å²) in [6, 6.07) is 10.6. The molecule has 1 aromatic heterocycles. The maximum atomic E-state index is 15.7. The smallest absolute Gasteiger partial charge is 0.221 e. The maximum Gasteiger partial charge on any atom is 0.221 e. The van der Waals surface area contributed by atoms with Crippen molar-refractivity contribution in [3.05, 3.63) is 82.9 Å². The monoisotopic (exact) mass is 546 g/mol. The van der Waals surface area contributed by atoms with E-state index in [2.05, 4.69) is 15.2 Å². The minimum Gasteiger partial charge on any atom is -0.392 e. The lowest BCUT2D eigenvalue weighted by atomic mass is 9.53. The van der Waals surface area contributed by atoms with Crippen LogP contribution in [0.3, 0.4) is 0 Å². The van der Waals surface area contributed by atoms with Crippen LogP contribution in [0, 0.1) is 11.6 Å². The van der Waals surface area contributed by atoms with Crippen LogP contribution in [0.1, 0.15) is 67.3 Å². The molecule has 3 N–H and O–H groups in total. The molecule has 1 aliphatic heterocycles. The number of halogens is 2. The van der Waals surface area contributed by atoms with E-state index in [4.69, 9.17) is 0 Å². The Labute approximate surface area is 220 Å². The molecule has 8 nitrogen and oxygen atoms in total. The largest absolute Gasteiger partial charge is 0.392 e. The normalized spacial score (nSPS) is 30.1. The number of hydrogen-bond acceptors (Lipinski definition) is 6. The lowest BCUT2D eigenvalue weighted by Crippen LogP contribution is -2.59. The van der Waals surface area contributed by atoms with Gasteiger partial charge in [0.05, 0.1) is 11.7 Å². The molecule has 3 atom stereocenters. The van der Waals surface area contributed by atoms with Crippen molar-refractivity contribution in [1.82, 2.24) is 19.5 Å². The molecule has 1 saturated carbocycles. The van der Waals surface area contributed by atoms with Crippen LogP contribution in [0.4, 0.5) is 8.78 Å². The Balaban J connectivity index is 1.45. The minimum absolute atomic E-state index is 0.00714. The third kappa shape index (κ3) is 4.76. The Kier molecular flexibility index (Phi) is 6.91. The number of hydrogen-bond donors (Lipinski definition) is 3. The van der Waals surface area contributed by atoms with Crippen molar-refractivity contribution in [3.63, 3.8) is 0 Å². The second-order valence-corrected chi connectivity index (χ2v) is 13.0. The standard InChI is InChI=1S/C27H32F2N4O4S/c1-17-8-9-23(18-6-4-3-5-7-18)38(36,37)33(17)13-19-10-22(29)20(11-21(19)28)27(14-26(2,35)15-27)24(34)12-25-30-16-31-32-25/h3-7,10-11,16-17,23-24,34-35H,8-9,12-15H2,1-2H3,(H,30,31,32)/t17?,23?,24-,26-,27-/m1/s1. The zero-order valence-corrected chi connectivity index (χ0v) is 22.1. The van der Waals surface area contributed by atoms with E-state index in [9.17, 15) is 18.6 Å². The van der Waals surface area contributed by atoms with Gasteiger partial charge in [0.25, 0.3) is 0 Å². The molecule has 38 heavy (non-hydrogen) atoms. The SMILES string of the molecule is CC1CCC(c2ccccc2)S(=O)(=O)N1Cc1cc(F)c([C@]2([C@H](O)Cc3nc[nH]n3)C[C@](C)(O)C2)cc1F. The Morgan fingerprint density at radius 3 is 2.50 bits per heavy atom. The fourth-order valence-electron chi connectivity index (χ4n) is 6.23. The van der Waals surface area contributed by atoms with Gasteiger partial charge in [-0.25, -0.2) is 22.2 Å². The van der Waals surface area contributed by atoms with Crippen molar-refractivity contribution < 1.29 is 27.4 Å². The van der Waals surface area contributed by atoms with Crippen LogP contribution >= 0.6 is 0 Å². The number of aromatic amines is 1. The van der Waals surface area contributed by atoms with Crippen molar-refractivity contribution in [2.75, 3.05) is 0 Å². The van der Waals surface area contributed by atoms with Crippen molar-refractivity contribution >= 4 is 10.0 Å². The Morgan fingerprint density at radius 1 is 1.16 bits per heavy atom. The van der Waals surface area contributed by atoms with Crippen molar-refractivity contribution in [3.8, 4) is 0 Å². The van der Waals surface area contributed by atoms with Crippen LogP contribution in [-0.4, -0.2) is 55.9 Å². The van der Waals surface area contributed by atoms with Crippen LogP contribution in [0.5, 0.6) is 0 Å². The second-order valence-electron chi connectivity index (χ2n) is 11.0. The second kappa shape index (κ2) is 9.78. The summed E-state index contributed by atoms with van der Waals surface area (Å²) in [5.74, 6) is -1.20. The summed E-state index contributed by atoms with van der Waals surface area (Å²) in [4.78, 5) is 4.01. The molecule has 2 aromatic carbocycles. The predicted molar refractivity (Wildman–Crippen MR) is 136 cm³/mol. The van der Waals surface area contributed by atoms with Crippen LogP contribution in [0.15, 0.2) is 48.8 Å². The van der Waals surface area contributed by atoms with E-state index in [1.54, 1.807) is 38.1 Å². The molecule has 2 heterocycles. The summed E-state index contributed by atoms with van der Waals surface area (Å²) < 4.78 is 59.6. The highest BCUT2D eigenvalue weighted by molar-refractivity contribution is 7.89. The van der Waals surface area contributed by atoms with E-state index in [0.29, 0.717) is 24.2 Å².